The fourth-order valence-electron chi connectivity index (χ4n) is 1.39. The lowest BCUT2D eigenvalue weighted by Crippen LogP contribution is -2.57. The van der Waals surface area contributed by atoms with Crippen molar-refractivity contribution in [1.29, 1.82) is 0 Å². The summed E-state index contributed by atoms with van der Waals surface area (Å²) in [6.07, 6.45) is 0. The molecule has 1 aliphatic rings. The van der Waals surface area contributed by atoms with Gasteiger partial charge in [0.25, 0.3) is 0 Å². The molecule has 2 unspecified atom stereocenters. The zero-order valence-corrected chi connectivity index (χ0v) is 7.66. The highest BCUT2D eigenvalue weighted by molar-refractivity contribution is 5.79. The van der Waals surface area contributed by atoms with Gasteiger partial charge < -0.3 is 4.90 Å². The topological polar surface area (TPSA) is 23.6 Å². The maximum Gasteiger partial charge on any atom is 0.236 e. The van der Waals surface area contributed by atoms with Crippen LogP contribution in [0.15, 0.2) is 0 Å². The minimum atomic E-state index is 0.220. The maximum atomic E-state index is 11.2. The summed E-state index contributed by atoms with van der Waals surface area (Å²) in [4.78, 5) is 15.2. The Bertz CT molecular complexity index is 169. The van der Waals surface area contributed by atoms with Gasteiger partial charge in [-0.05, 0) is 20.9 Å². The molecule has 1 saturated heterocycles. The number of hydrogen-bond donors (Lipinski definition) is 0. The molecule has 0 bridgehead atoms. The van der Waals surface area contributed by atoms with E-state index in [9.17, 15) is 4.79 Å². The van der Waals surface area contributed by atoms with Crippen molar-refractivity contribution >= 4 is 5.91 Å². The van der Waals surface area contributed by atoms with E-state index in [2.05, 4.69) is 18.7 Å². The van der Waals surface area contributed by atoms with E-state index in [4.69, 9.17) is 0 Å². The van der Waals surface area contributed by atoms with E-state index in [1.165, 1.54) is 0 Å². The van der Waals surface area contributed by atoms with Gasteiger partial charge in [0.2, 0.25) is 5.91 Å². The first-order valence-corrected chi connectivity index (χ1v) is 4.00. The maximum absolute atomic E-state index is 11.2. The van der Waals surface area contributed by atoms with Crippen molar-refractivity contribution in [2.75, 3.05) is 20.6 Å². The quantitative estimate of drug-likeness (QED) is 0.499. The standard InChI is InChI=1S/C8H16N2O/c1-6-7(2)10(4)8(11)5-9(6)3/h6-7H,5H2,1-4H3. The Morgan fingerprint density at radius 2 is 1.82 bits per heavy atom. The number of rotatable bonds is 0. The summed E-state index contributed by atoms with van der Waals surface area (Å²) >= 11 is 0. The van der Waals surface area contributed by atoms with Gasteiger partial charge in [0.05, 0.1) is 6.54 Å². The van der Waals surface area contributed by atoms with Crippen LogP contribution in [0.5, 0.6) is 0 Å². The van der Waals surface area contributed by atoms with E-state index in [1.807, 2.05) is 19.0 Å². The van der Waals surface area contributed by atoms with E-state index >= 15 is 0 Å². The molecule has 1 aliphatic heterocycles. The number of carbonyl (C=O) groups excluding carboxylic acids is 1. The molecule has 3 nitrogen and oxygen atoms in total. The molecule has 0 spiro atoms. The predicted molar refractivity (Wildman–Crippen MR) is 44.3 cm³/mol. The molecule has 1 heterocycles. The summed E-state index contributed by atoms with van der Waals surface area (Å²) in [5.74, 6) is 0.220. The van der Waals surface area contributed by atoms with Crippen LogP contribution in [-0.4, -0.2) is 48.4 Å². The summed E-state index contributed by atoms with van der Waals surface area (Å²) in [5.41, 5.74) is 0. The number of likely N-dealkylation sites (N-methyl/N-ethyl adjacent to an activating group) is 2. The Morgan fingerprint density at radius 1 is 1.27 bits per heavy atom. The SMILES string of the molecule is CC1C(C)N(C)C(=O)CN1C. The van der Waals surface area contributed by atoms with Crippen molar-refractivity contribution in [3.8, 4) is 0 Å². The zero-order valence-electron chi connectivity index (χ0n) is 7.66. The Morgan fingerprint density at radius 3 is 2.36 bits per heavy atom. The fraction of sp³-hybridized carbons (Fsp3) is 0.875. The summed E-state index contributed by atoms with van der Waals surface area (Å²) in [5, 5.41) is 0. The lowest BCUT2D eigenvalue weighted by atomic mass is 10.1. The molecule has 3 heteroatoms. The Kier molecular flexibility index (Phi) is 2.18. The first kappa shape index (κ1) is 8.53. The summed E-state index contributed by atoms with van der Waals surface area (Å²) in [7, 11) is 3.86. The van der Waals surface area contributed by atoms with Gasteiger partial charge in [-0.15, -0.1) is 0 Å². The third-order valence-corrected chi connectivity index (χ3v) is 2.78. The lowest BCUT2D eigenvalue weighted by Gasteiger charge is -2.41. The Hall–Kier alpha value is -0.570. The predicted octanol–water partition coefficient (Wildman–Crippen LogP) is 0.167. The van der Waals surface area contributed by atoms with Gasteiger partial charge in [-0.25, -0.2) is 0 Å². The highest BCUT2D eigenvalue weighted by Crippen LogP contribution is 2.13. The van der Waals surface area contributed by atoms with Gasteiger partial charge in [-0.2, -0.15) is 0 Å². The molecule has 0 saturated carbocycles. The molecule has 0 aromatic carbocycles. The largest absolute Gasteiger partial charge is 0.340 e. The molecule has 0 N–H and O–H groups in total. The van der Waals surface area contributed by atoms with Crippen molar-refractivity contribution < 1.29 is 4.79 Å². The smallest absolute Gasteiger partial charge is 0.236 e. The lowest BCUT2D eigenvalue weighted by molar-refractivity contribution is -0.139. The number of amides is 1. The number of nitrogens with zero attached hydrogens (tertiary/aromatic N) is 2. The van der Waals surface area contributed by atoms with Crippen molar-refractivity contribution in [2.24, 2.45) is 0 Å². The van der Waals surface area contributed by atoms with Crippen LogP contribution in [0.2, 0.25) is 0 Å². The van der Waals surface area contributed by atoms with Crippen molar-refractivity contribution in [3.63, 3.8) is 0 Å². The molecule has 0 aromatic rings. The molecule has 1 amide bonds. The van der Waals surface area contributed by atoms with Crippen LogP contribution in [0.3, 0.4) is 0 Å². The highest BCUT2D eigenvalue weighted by atomic mass is 16.2. The average Bonchev–Trinajstić information content (AvgIpc) is 1.97. The van der Waals surface area contributed by atoms with Crippen LogP contribution in [0, 0.1) is 0 Å². The molecular weight excluding hydrogens is 140 g/mol. The Balaban J connectivity index is 2.70. The second kappa shape index (κ2) is 2.81. The van der Waals surface area contributed by atoms with Crippen LogP contribution in [0.1, 0.15) is 13.8 Å². The van der Waals surface area contributed by atoms with Gasteiger partial charge in [0.15, 0.2) is 0 Å². The third kappa shape index (κ3) is 1.38. The molecule has 2 atom stereocenters. The van der Waals surface area contributed by atoms with Crippen molar-refractivity contribution in [2.45, 2.75) is 25.9 Å². The molecule has 64 valence electrons. The van der Waals surface area contributed by atoms with E-state index < -0.39 is 0 Å². The monoisotopic (exact) mass is 156 g/mol. The number of hydrogen-bond acceptors (Lipinski definition) is 2. The van der Waals surface area contributed by atoms with Gasteiger partial charge in [-0.3, -0.25) is 9.69 Å². The van der Waals surface area contributed by atoms with Crippen LogP contribution in [0.4, 0.5) is 0 Å². The Labute approximate surface area is 68.0 Å². The first-order valence-electron chi connectivity index (χ1n) is 4.00. The van der Waals surface area contributed by atoms with E-state index in [1.54, 1.807) is 0 Å². The second-order valence-electron chi connectivity index (χ2n) is 3.40. The highest BCUT2D eigenvalue weighted by Gasteiger charge is 2.30. The van der Waals surface area contributed by atoms with Gasteiger partial charge in [0.1, 0.15) is 0 Å². The minimum Gasteiger partial charge on any atom is -0.340 e. The molecule has 11 heavy (non-hydrogen) atoms. The zero-order chi connectivity index (χ0) is 8.59. The fourth-order valence-corrected chi connectivity index (χ4v) is 1.39. The molecule has 1 rings (SSSR count). The van der Waals surface area contributed by atoms with Crippen LogP contribution in [-0.2, 0) is 4.79 Å². The summed E-state index contributed by atoms with van der Waals surface area (Å²) < 4.78 is 0. The van der Waals surface area contributed by atoms with E-state index in [0.29, 0.717) is 18.6 Å². The van der Waals surface area contributed by atoms with Crippen LogP contribution < -0.4 is 0 Å². The minimum absolute atomic E-state index is 0.220. The number of piperazine rings is 1. The number of carbonyl (C=O) groups is 1. The van der Waals surface area contributed by atoms with Crippen molar-refractivity contribution in [3.05, 3.63) is 0 Å². The van der Waals surface area contributed by atoms with E-state index in [0.717, 1.165) is 0 Å². The average molecular weight is 156 g/mol. The van der Waals surface area contributed by atoms with Crippen LogP contribution in [0.25, 0.3) is 0 Å². The normalized spacial score (nSPS) is 34.5. The van der Waals surface area contributed by atoms with E-state index in [-0.39, 0.29) is 5.91 Å². The second-order valence-corrected chi connectivity index (χ2v) is 3.40. The molecular formula is C8H16N2O. The molecule has 1 fully saturated rings. The molecule has 0 aromatic heterocycles. The van der Waals surface area contributed by atoms with Gasteiger partial charge in [-0.1, -0.05) is 0 Å². The van der Waals surface area contributed by atoms with Gasteiger partial charge in [0, 0.05) is 19.1 Å². The third-order valence-electron chi connectivity index (χ3n) is 2.78. The molecule has 0 radical (unpaired) electrons. The van der Waals surface area contributed by atoms with Gasteiger partial charge >= 0.3 is 0 Å². The molecule has 0 aliphatic carbocycles. The summed E-state index contributed by atoms with van der Waals surface area (Å²) in [6, 6.07) is 0.805. The first-order chi connectivity index (χ1) is 5.04. The van der Waals surface area contributed by atoms with Crippen LogP contribution >= 0.6 is 0 Å². The summed E-state index contributed by atoms with van der Waals surface area (Å²) in [6.45, 7) is 4.79. The van der Waals surface area contributed by atoms with Crippen molar-refractivity contribution in [1.82, 2.24) is 9.80 Å².